The molecule has 1 N–H and O–H groups in total. The van der Waals surface area contributed by atoms with E-state index in [4.69, 9.17) is 16.3 Å². The summed E-state index contributed by atoms with van der Waals surface area (Å²) in [6.07, 6.45) is 0.151. The number of hydrogen-bond acceptors (Lipinski definition) is 5. The van der Waals surface area contributed by atoms with E-state index in [1.54, 1.807) is 24.3 Å². The molecule has 2 amide bonds. The zero-order valence-corrected chi connectivity index (χ0v) is 26.8. The minimum Gasteiger partial charge on any atom is -0.495 e. The number of sulfonamides is 1. The molecule has 1 atom stereocenters. The third-order valence-corrected chi connectivity index (χ3v) is 9.00. The summed E-state index contributed by atoms with van der Waals surface area (Å²) in [6, 6.07) is 25.7. The second-order valence-electron chi connectivity index (χ2n) is 10.7. The molecule has 4 rings (SSSR count). The van der Waals surface area contributed by atoms with Crippen LogP contribution in [0.2, 0.25) is 5.02 Å². The van der Waals surface area contributed by atoms with Gasteiger partial charge in [-0.3, -0.25) is 13.9 Å². The number of carbonyl (C=O) groups excluding carboxylic acids is 2. The van der Waals surface area contributed by atoms with Crippen LogP contribution >= 0.6 is 11.6 Å². The third kappa shape index (κ3) is 8.61. The van der Waals surface area contributed by atoms with Gasteiger partial charge < -0.3 is 15.0 Å². The van der Waals surface area contributed by atoms with E-state index in [0.717, 1.165) is 9.87 Å². The Kier molecular flexibility index (Phi) is 11.2. The minimum absolute atomic E-state index is 0.0511. The Morgan fingerprint density at radius 1 is 0.889 bits per heavy atom. The van der Waals surface area contributed by atoms with Gasteiger partial charge in [0.2, 0.25) is 11.8 Å². The Morgan fingerprint density at radius 3 is 2.11 bits per heavy atom. The maximum absolute atomic E-state index is 14.5. The lowest BCUT2D eigenvalue weighted by atomic mass is 10.0. The summed E-state index contributed by atoms with van der Waals surface area (Å²) in [6.45, 7) is 2.84. The fraction of sp³-hybridized carbons (Fsp3) is 0.235. The summed E-state index contributed by atoms with van der Waals surface area (Å²) < 4.78 is 48.5. The Hall–Kier alpha value is -4.41. The van der Waals surface area contributed by atoms with Crippen LogP contribution in [0, 0.1) is 5.82 Å². The molecule has 45 heavy (non-hydrogen) atoms. The summed E-state index contributed by atoms with van der Waals surface area (Å²) in [5.41, 5.74) is 1.40. The van der Waals surface area contributed by atoms with E-state index in [9.17, 15) is 22.4 Å². The fourth-order valence-corrected chi connectivity index (χ4v) is 6.42. The lowest BCUT2D eigenvalue weighted by Crippen LogP contribution is -2.54. The molecule has 0 aliphatic carbocycles. The first-order valence-electron chi connectivity index (χ1n) is 14.3. The molecule has 4 aromatic rings. The number of nitrogens with zero attached hydrogens (tertiary/aromatic N) is 2. The standard InChI is InChI=1S/C34H35ClFN3O5S/c1-24(2)37-34(41)31(20-25-10-6-4-7-11-25)38(22-26-14-17-28(36)18-15-26)33(40)23-39(30-21-27(35)16-19-32(30)44-3)45(42,43)29-12-8-5-9-13-29/h4-19,21,24,31H,20,22-23H2,1-3H3,(H,37,41). The second kappa shape index (κ2) is 15.0. The molecule has 8 nitrogen and oxygen atoms in total. The first-order chi connectivity index (χ1) is 21.5. The fourth-order valence-electron chi connectivity index (χ4n) is 4.81. The van der Waals surface area contributed by atoms with Crippen LogP contribution in [-0.4, -0.2) is 50.9 Å². The first-order valence-corrected chi connectivity index (χ1v) is 16.1. The Balaban J connectivity index is 1.84. The summed E-state index contributed by atoms with van der Waals surface area (Å²) in [4.78, 5) is 29.5. The molecule has 0 heterocycles. The molecular weight excluding hydrogens is 617 g/mol. The van der Waals surface area contributed by atoms with Crippen LogP contribution in [0.5, 0.6) is 5.75 Å². The quantitative estimate of drug-likeness (QED) is 0.196. The normalized spacial score (nSPS) is 12.0. The van der Waals surface area contributed by atoms with Gasteiger partial charge in [-0.25, -0.2) is 12.8 Å². The van der Waals surface area contributed by atoms with Crippen LogP contribution < -0.4 is 14.4 Å². The molecule has 0 saturated carbocycles. The summed E-state index contributed by atoms with van der Waals surface area (Å²) in [7, 11) is -2.95. The highest BCUT2D eigenvalue weighted by Crippen LogP contribution is 2.35. The van der Waals surface area contributed by atoms with E-state index in [-0.39, 0.29) is 40.4 Å². The lowest BCUT2D eigenvalue weighted by Gasteiger charge is -2.34. The number of halogens is 2. The van der Waals surface area contributed by atoms with E-state index in [2.05, 4.69) is 5.32 Å². The van der Waals surface area contributed by atoms with Gasteiger partial charge in [-0.1, -0.05) is 72.3 Å². The number of benzene rings is 4. The van der Waals surface area contributed by atoms with Crippen molar-refractivity contribution < 1.29 is 27.1 Å². The van der Waals surface area contributed by atoms with E-state index in [1.165, 1.54) is 60.5 Å². The first kappa shape index (κ1) is 33.5. The largest absolute Gasteiger partial charge is 0.495 e. The predicted octanol–water partition coefficient (Wildman–Crippen LogP) is 5.85. The number of anilines is 1. The number of methoxy groups -OCH3 is 1. The predicted molar refractivity (Wildman–Crippen MR) is 173 cm³/mol. The van der Waals surface area contributed by atoms with E-state index in [1.807, 2.05) is 44.2 Å². The molecule has 11 heteroatoms. The number of rotatable bonds is 13. The van der Waals surface area contributed by atoms with Crippen molar-refractivity contribution >= 4 is 39.1 Å². The van der Waals surface area contributed by atoms with Crippen molar-refractivity contribution in [1.82, 2.24) is 10.2 Å². The highest BCUT2D eigenvalue weighted by Gasteiger charge is 2.35. The van der Waals surface area contributed by atoms with Gasteiger partial charge in [0.15, 0.2) is 0 Å². The maximum atomic E-state index is 14.5. The highest BCUT2D eigenvalue weighted by molar-refractivity contribution is 7.92. The Morgan fingerprint density at radius 2 is 1.51 bits per heavy atom. The molecule has 0 aromatic heterocycles. The number of hydrogen-bond donors (Lipinski definition) is 1. The Bertz CT molecular complexity index is 1710. The number of carbonyl (C=O) groups is 2. The van der Waals surface area contributed by atoms with E-state index in [0.29, 0.717) is 5.56 Å². The van der Waals surface area contributed by atoms with E-state index < -0.39 is 40.2 Å². The van der Waals surface area contributed by atoms with Crippen molar-refractivity contribution in [3.63, 3.8) is 0 Å². The third-order valence-electron chi connectivity index (χ3n) is 6.99. The van der Waals surface area contributed by atoms with Gasteiger partial charge >= 0.3 is 0 Å². The van der Waals surface area contributed by atoms with Crippen LogP contribution in [0.4, 0.5) is 10.1 Å². The van der Waals surface area contributed by atoms with Crippen molar-refractivity contribution in [2.75, 3.05) is 18.0 Å². The van der Waals surface area contributed by atoms with Gasteiger partial charge in [0, 0.05) is 24.0 Å². The van der Waals surface area contributed by atoms with Crippen LogP contribution in [0.15, 0.2) is 108 Å². The molecule has 0 aliphatic heterocycles. The lowest BCUT2D eigenvalue weighted by molar-refractivity contribution is -0.140. The number of ether oxygens (including phenoxy) is 1. The van der Waals surface area contributed by atoms with Crippen LogP contribution in [-0.2, 0) is 32.6 Å². The zero-order chi connectivity index (χ0) is 32.6. The molecule has 0 spiro atoms. The monoisotopic (exact) mass is 651 g/mol. The average Bonchev–Trinajstić information content (AvgIpc) is 3.02. The second-order valence-corrected chi connectivity index (χ2v) is 13.0. The van der Waals surface area contributed by atoms with Crippen molar-refractivity contribution in [3.8, 4) is 5.75 Å². The van der Waals surface area contributed by atoms with Gasteiger partial charge in [-0.15, -0.1) is 0 Å². The number of amides is 2. The molecule has 0 fully saturated rings. The molecule has 0 radical (unpaired) electrons. The van der Waals surface area contributed by atoms with Crippen LogP contribution in [0.3, 0.4) is 0 Å². The summed E-state index contributed by atoms with van der Waals surface area (Å²) >= 11 is 6.31. The molecule has 0 aliphatic rings. The minimum atomic E-state index is -4.34. The zero-order valence-electron chi connectivity index (χ0n) is 25.2. The molecule has 0 bridgehead atoms. The topological polar surface area (TPSA) is 96.0 Å². The van der Waals surface area contributed by atoms with Crippen molar-refractivity contribution in [1.29, 1.82) is 0 Å². The van der Waals surface area contributed by atoms with Crippen LogP contribution in [0.25, 0.3) is 0 Å². The van der Waals surface area contributed by atoms with Crippen molar-refractivity contribution in [2.24, 2.45) is 0 Å². The van der Waals surface area contributed by atoms with Crippen molar-refractivity contribution in [3.05, 3.63) is 125 Å². The van der Waals surface area contributed by atoms with E-state index >= 15 is 0 Å². The SMILES string of the molecule is COc1ccc(Cl)cc1N(CC(=O)N(Cc1ccc(F)cc1)C(Cc1ccccc1)C(=O)NC(C)C)S(=O)(=O)c1ccccc1. The van der Waals surface area contributed by atoms with Gasteiger partial charge in [-0.2, -0.15) is 0 Å². The smallest absolute Gasteiger partial charge is 0.264 e. The van der Waals surface area contributed by atoms with Gasteiger partial charge in [0.1, 0.15) is 24.2 Å². The van der Waals surface area contributed by atoms with Gasteiger partial charge in [-0.05, 0) is 67.4 Å². The number of nitrogens with one attached hydrogen (secondary N) is 1. The molecule has 1 unspecified atom stereocenters. The van der Waals surface area contributed by atoms with Crippen LogP contribution in [0.1, 0.15) is 25.0 Å². The average molecular weight is 652 g/mol. The maximum Gasteiger partial charge on any atom is 0.264 e. The summed E-state index contributed by atoms with van der Waals surface area (Å²) in [5.74, 6) is -1.36. The van der Waals surface area contributed by atoms with Gasteiger partial charge in [0.05, 0.1) is 17.7 Å². The summed E-state index contributed by atoms with van der Waals surface area (Å²) in [5, 5.41) is 3.13. The Labute approximate surface area is 268 Å². The van der Waals surface area contributed by atoms with Crippen molar-refractivity contribution in [2.45, 2.75) is 43.8 Å². The molecule has 4 aromatic carbocycles. The van der Waals surface area contributed by atoms with Gasteiger partial charge in [0.25, 0.3) is 10.0 Å². The molecular formula is C34H35ClFN3O5S. The molecule has 0 saturated heterocycles. The molecule has 236 valence electrons. The highest BCUT2D eigenvalue weighted by atomic mass is 35.5.